The number of hydrogen-bond acceptors (Lipinski definition) is 4. The molecule has 16 heavy (non-hydrogen) atoms. The Kier molecular flexibility index (Phi) is 5.59. The number of aliphatic hydroxyl groups is 1. The fourth-order valence-electron chi connectivity index (χ4n) is 1.15. The molecule has 0 radical (unpaired) electrons. The molecule has 0 aliphatic carbocycles. The first kappa shape index (κ1) is 13.3. The quantitative estimate of drug-likeness (QED) is 0.869. The van der Waals surface area contributed by atoms with E-state index in [9.17, 15) is 5.11 Å². The van der Waals surface area contributed by atoms with Gasteiger partial charge in [-0.2, -0.15) is 0 Å². The van der Waals surface area contributed by atoms with Crippen molar-refractivity contribution in [2.75, 3.05) is 27.4 Å². The molecule has 4 nitrogen and oxygen atoms in total. The summed E-state index contributed by atoms with van der Waals surface area (Å²) in [4.78, 5) is 0. The van der Waals surface area contributed by atoms with Gasteiger partial charge in [0.05, 0.1) is 18.2 Å². The molecule has 0 spiro atoms. The minimum Gasteiger partial charge on any atom is -0.497 e. The Morgan fingerprint density at radius 2 is 2.06 bits per heavy atom. The summed E-state index contributed by atoms with van der Waals surface area (Å²) in [5.74, 6) is 1.41. The Labute approximate surface area is 103 Å². The van der Waals surface area contributed by atoms with Crippen molar-refractivity contribution in [3.05, 3.63) is 22.7 Å². The van der Waals surface area contributed by atoms with Crippen LogP contribution in [0, 0.1) is 0 Å². The Hall–Kier alpha value is -0.780. The zero-order chi connectivity index (χ0) is 12.0. The van der Waals surface area contributed by atoms with Crippen molar-refractivity contribution in [3.63, 3.8) is 0 Å². The average molecular weight is 291 g/mol. The Bertz CT molecular complexity index is 330. The molecular formula is C11H15BrO4. The molecule has 5 heteroatoms. The summed E-state index contributed by atoms with van der Waals surface area (Å²) < 4.78 is 16.1. The maximum atomic E-state index is 9.41. The van der Waals surface area contributed by atoms with Crippen molar-refractivity contribution < 1.29 is 19.3 Å². The molecule has 0 unspecified atom stereocenters. The molecule has 0 saturated heterocycles. The summed E-state index contributed by atoms with van der Waals surface area (Å²) in [7, 11) is 3.14. The van der Waals surface area contributed by atoms with Crippen LogP contribution in [0.15, 0.2) is 22.7 Å². The lowest BCUT2D eigenvalue weighted by Crippen LogP contribution is -2.22. The zero-order valence-corrected chi connectivity index (χ0v) is 10.9. The average Bonchev–Trinajstić information content (AvgIpc) is 2.27. The van der Waals surface area contributed by atoms with Crippen molar-refractivity contribution in [3.8, 4) is 11.5 Å². The zero-order valence-electron chi connectivity index (χ0n) is 9.27. The number of methoxy groups -OCH3 is 2. The maximum Gasteiger partial charge on any atom is 0.133 e. The van der Waals surface area contributed by atoms with E-state index in [1.807, 2.05) is 0 Å². The molecule has 0 aliphatic rings. The van der Waals surface area contributed by atoms with Crippen LogP contribution in [0.2, 0.25) is 0 Å². The van der Waals surface area contributed by atoms with Crippen LogP contribution in [-0.4, -0.2) is 38.6 Å². The van der Waals surface area contributed by atoms with E-state index in [4.69, 9.17) is 14.2 Å². The van der Waals surface area contributed by atoms with Gasteiger partial charge in [0.15, 0.2) is 0 Å². The molecular weight excluding hydrogens is 276 g/mol. The van der Waals surface area contributed by atoms with Gasteiger partial charge in [0, 0.05) is 7.11 Å². The lowest BCUT2D eigenvalue weighted by molar-refractivity contribution is 0.0323. The molecule has 0 bridgehead atoms. The molecule has 0 heterocycles. The molecule has 1 rings (SSSR count). The summed E-state index contributed by atoms with van der Waals surface area (Å²) in [6, 6.07) is 5.38. The number of halogens is 1. The number of aliphatic hydroxyl groups excluding tert-OH is 1. The Morgan fingerprint density at radius 1 is 1.31 bits per heavy atom. The van der Waals surface area contributed by atoms with E-state index in [1.54, 1.807) is 25.3 Å². The topological polar surface area (TPSA) is 47.9 Å². The van der Waals surface area contributed by atoms with Crippen molar-refractivity contribution in [2.45, 2.75) is 6.10 Å². The van der Waals surface area contributed by atoms with E-state index in [0.717, 1.165) is 10.2 Å². The summed E-state index contributed by atoms with van der Waals surface area (Å²) in [6.45, 7) is 0.451. The van der Waals surface area contributed by atoms with Crippen molar-refractivity contribution >= 4 is 15.9 Å². The number of rotatable bonds is 6. The highest BCUT2D eigenvalue weighted by molar-refractivity contribution is 9.10. The molecule has 0 fully saturated rings. The highest BCUT2D eigenvalue weighted by atomic mass is 79.9. The maximum absolute atomic E-state index is 9.41. The van der Waals surface area contributed by atoms with Crippen molar-refractivity contribution in [2.24, 2.45) is 0 Å². The predicted molar refractivity (Wildman–Crippen MR) is 64.1 cm³/mol. The van der Waals surface area contributed by atoms with Crippen LogP contribution in [0.1, 0.15) is 0 Å². The van der Waals surface area contributed by atoms with Gasteiger partial charge in [-0.1, -0.05) is 0 Å². The van der Waals surface area contributed by atoms with Gasteiger partial charge >= 0.3 is 0 Å². The van der Waals surface area contributed by atoms with E-state index in [2.05, 4.69) is 15.9 Å². The van der Waals surface area contributed by atoms with Crippen LogP contribution in [0.3, 0.4) is 0 Å². The summed E-state index contributed by atoms with van der Waals surface area (Å²) >= 11 is 3.36. The number of hydrogen-bond donors (Lipinski definition) is 1. The second-order valence-corrected chi connectivity index (χ2v) is 4.07. The van der Waals surface area contributed by atoms with E-state index < -0.39 is 6.10 Å². The normalized spacial score (nSPS) is 12.2. The van der Waals surface area contributed by atoms with Crippen LogP contribution >= 0.6 is 15.9 Å². The summed E-state index contributed by atoms with van der Waals surface area (Å²) in [5, 5.41) is 9.41. The lowest BCUT2D eigenvalue weighted by atomic mass is 10.3. The number of benzene rings is 1. The van der Waals surface area contributed by atoms with Gasteiger partial charge in [0.1, 0.15) is 24.2 Å². The standard InChI is InChI=1S/C11H15BrO4/c1-14-6-8(13)7-16-11-4-3-9(15-2)5-10(11)12/h3-5,8,13H,6-7H2,1-2H3/t8-/m1/s1. The third kappa shape index (κ3) is 4.00. The minimum atomic E-state index is -0.626. The van der Waals surface area contributed by atoms with Crippen LogP contribution in [0.4, 0.5) is 0 Å². The Morgan fingerprint density at radius 3 is 2.62 bits per heavy atom. The predicted octanol–water partition coefficient (Wildman–Crippen LogP) is 1.84. The lowest BCUT2D eigenvalue weighted by Gasteiger charge is -2.13. The molecule has 1 atom stereocenters. The van der Waals surface area contributed by atoms with Crippen molar-refractivity contribution in [1.82, 2.24) is 0 Å². The fraction of sp³-hybridized carbons (Fsp3) is 0.455. The monoisotopic (exact) mass is 290 g/mol. The largest absolute Gasteiger partial charge is 0.497 e. The van der Waals surface area contributed by atoms with Crippen molar-refractivity contribution in [1.29, 1.82) is 0 Å². The van der Waals surface area contributed by atoms with Gasteiger partial charge in [-0.15, -0.1) is 0 Å². The van der Waals surface area contributed by atoms with Gasteiger partial charge in [0.2, 0.25) is 0 Å². The van der Waals surface area contributed by atoms with E-state index in [1.165, 1.54) is 7.11 Å². The first-order valence-corrected chi connectivity index (χ1v) is 5.60. The second kappa shape index (κ2) is 6.73. The molecule has 1 N–H and O–H groups in total. The third-order valence-corrected chi connectivity index (χ3v) is 2.55. The molecule has 0 amide bonds. The fourth-order valence-corrected chi connectivity index (χ4v) is 1.62. The van der Waals surface area contributed by atoms with E-state index in [0.29, 0.717) is 5.75 Å². The van der Waals surface area contributed by atoms with Gasteiger partial charge < -0.3 is 19.3 Å². The van der Waals surface area contributed by atoms with Gasteiger partial charge in [-0.25, -0.2) is 0 Å². The first-order valence-electron chi connectivity index (χ1n) is 4.80. The molecule has 90 valence electrons. The highest BCUT2D eigenvalue weighted by Gasteiger charge is 2.07. The molecule has 1 aromatic carbocycles. The number of ether oxygens (including phenoxy) is 3. The van der Waals surface area contributed by atoms with E-state index >= 15 is 0 Å². The van der Waals surface area contributed by atoms with Crippen LogP contribution in [0.25, 0.3) is 0 Å². The van der Waals surface area contributed by atoms with Crippen LogP contribution < -0.4 is 9.47 Å². The van der Waals surface area contributed by atoms with Crippen LogP contribution in [0.5, 0.6) is 11.5 Å². The summed E-state index contributed by atoms with van der Waals surface area (Å²) in [6.07, 6.45) is -0.626. The molecule has 1 aromatic rings. The molecule has 0 aromatic heterocycles. The SMILES string of the molecule is COC[C@@H](O)COc1ccc(OC)cc1Br. The van der Waals surface area contributed by atoms with E-state index in [-0.39, 0.29) is 13.2 Å². The smallest absolute Gasteiger partial charge is 0.133 e. The second-order valence-electron chi connectivity index (χ2n) is 3.22. The van der Waals surface area contributed by atoms with Gasteiger partial charge in [-0.3, -0.25) is 0 Å². The minimum absolute atomic E-state index is 0.193. The van der Waals surface area contributed by atoms with Gasteiger partial charge in [-0.05, 0) is 34.1 Å². The van der Waals surface area contributed by atoms with Crippen LogP contribution in [-0.2, 0) is 4.74 Å². The summed E-state index contributed by atoms with van der Waals surface area (Å²) in [5.41, 5.74) is 0. The highest BCUT2D eigenvalue weighted by Crippen LogP contribution is 2.29. The van der Waals surface area contributed by atoms with Gasteiger partial charge in [0.25, 0.3) is 0 Å². The Balaban J connectivity index is 2.54. The molecule has 0 aliphatic heterocycles. The third-order valence-electron chi connectivity index (χ3n) is 1.93. The first-order chi connectivity index (χ1) is 7.67. The molecule has 0 saturated carbocycles.